The molecule has 0 heterocycles. The van der Waals surface area contributed by atoms with Crippen molar-refractivity contribution >= 4 is 0 Å². The number of halogens is 1. The van der Waals surface area contributed by atoms with Gasteiger partial charge in [0.25, 0.3) is 0 Å². The molecule has 1 aromatic rings. The van der Waals surface area contributed by atoms with Crippen LogP contribution in [0.15, 0.2) is 18.2 Å². The van der Waals surface area contributed by atoms with E-state index in [0.29, 0.717) is 0 Å². The largest absolute Gasteiger partial charge is 0.494 e. The zero-order valence-corrected chi connectivity index (χ0v) is 8.93. The van der Waals surface area contributed by atoms with Crippen molar-refractivity contribution in [3.05, 3.63) is 29.6 Å². The third-order valence-electron chi connectivity index (χ3n) is 1.88. The number of rotatable bonds is 3. The topological polar surface area (TPSA) is 21.3 Å². The molecular formula is C12H14FNO. The Morgan fingerprint density at radius 2 is 2.27 bits per heavy atom. The molecule has 0 spiro atoms. The minimum atomic E-state index is -0.363. The molecule has 0 fully saturated rings. The van der Waals surface area contributed by atoms with Gasteiger partial charge in [-0.3, -0.25) is 0 Å². The number of methoxy groups -OCH3 is 1. The highest BCUT2D eigenvalue weighted by molar-refractivity contribution is 5.40. The van der Waals surface area contributed by atoms with Gasteiger partial charge in [-0.05, 0) is 25.2 Å². The summed E-state index contributed by atoms with van der Waals surface area (Å²) < 4.78 is 17.9. The van der Waals surface area contributed by atoms with Crippen LogP contribution in [0, 0.1) is 17.7 Å². The quantitative estimate of drug-likeness (QED) is 0.602. The van der Waals surface area contributed by atoms with Crippen LogP contribution in [-0.2, 0) is 0 Å². The van der Waals surface area contributed by atoms with Crippen LogP contribution in [-0.4, -0.2) is 20.7 Å². The third kappa shape index (κ3) is 3.61. The van der Waals surface area contributed by atoms with Gasteiger partial charge in [-0.25, -0.2) is 4.39 Å². The molecule has 0 aliphatic heterocycles. The summed E-state index contributed by atoms with van der Waals surface area (Å²) in [5.74, 6) is 5.80. The molecule has 15 heavy (non-hydrogen) atoms. The Kier molecular flexibility index (Phi) is 4.65. The molecule has 0 aromatic heterocycles. The van der Waals surface area contributed by atoms with Crippen LogP contribution in [0.2, 0.25) is 0 Å². The predicted octanol–water partition coefficient (Wildman–Crippen LogP) is 1.80. The predicted molar refractivity (Wildman–Crippen MR) is 58.4 cm³/mol. The molecule has 0 aliphatic rings. The maximum atomic E-state index is 13.0. The van der Waals surface area contributed by atoms with Gasteiger partial charge in [0.2, 0.25) is 0 Å². The van der Waals surface area contributed by atoms with Crippen molar-refractivity contribution in [3.63, 3.8) is 0 Å². The molecule has 0 unspecified atom stereocenters. The summed E-state index contributed by atoms with van der Waals surface area (Å²) in [5.41, 5.74) is 0.768. The number of hydrogen-bond donors (Lipinski definition) is 1. The normalized spacial score (nSPS) is 9.27. The van der Waals surface area contributed by atoms with Gasteiger partial charge in [-0.2, -0.15) is 0 Å². The average molecular weight is 207 g/mol. The van der Waals surface area contributed by atoms with E-state index >= 15 is 0 Å². The highest BCUT2D eigenvalue weighted by Crippen LogP contribution is 2.17. The lowest BCUT2D eigenvalue weighted by Gasteiger charge is -2.00. The molecule has 0 aliphatic carbocycles. The standard InChI is InChI=1S/C12H14FNO/c1-14-8-4-3-5-10-6-7-11(13)12(9-10)15-2/h6-7,9,14H,4,8H2,1-2H3. The molecule has 0 radical (unpaired) electrons. The molecule has 1 rings (SSSR count). The molecule has 80 valence electrons. The van der Waals surface area contributed by atoms with E-state index in [9.17, 15) is 4.39 Å². The van der Waals surface area contributed by atoms with E-state index in [0.717, 1.165) is 18.5 Å². The van der Waals surface area contributed by atoms with E-state index in [1.165, 1.54) is 13.2 Å². The van der Waals surface area contributed by atoms with Crippen LogP contribution < -0.4 is 10.1 Å². The first-order valence-corrected chi connectivity index (χ1v) is 4.75. The Hall–Kier alpha value is -1.53. The second-order valence-corrected chi connectivity index (χ2v) is 3.00. The van der Waals surface area contributed by atoms with Crippen molar-refractivity contribution in [2.24, 2.45) is 0 Å². The fourth-order valence-corrected chi connectivity index (χ4v) is 1.09. The first-order chi connectivity index (χ1) is 7.27. The van der Waals surface area contributed by atoms with Crippen LogP contribution in [0.25, 0.3) is 0 Å². The lowest BCUT2D eigenvalue weighted by Crippen LogP contribution is -2.05. The minimum Gasteiger partial charge on any atom is -0.494 e. The van der Waals surface area contributed by atoms with Crippen LogP contribution >= 0.6 is 0 Å². The van der Waals surface area contributed by atoms with Crippen LogP contribution in [0.4, 0.5) is 4.39 Å². The van der Waals surface area contributed by atoms with Crippen molar-refractivity contribution in [2.75, 3.05) is 20.7 Å². The second-order valence-electron chi connectivity index (χ2n) is 3.00. The molecule has 2 nitrogen and oxygen atoms in total. The summed E-state index contributed by atoms with van der Waals surface area (Å²) in [5, 5.41) is 3.00. The lowest BCUT2D eigenvalue weighted by atomic mass is 10.2. The summed E-state index contributed by atoms with van der Waals surface area (Å²) >= 11 is 0. The number of benzene rings is 1. The fraction of sp³-hybridized carbons (Fsp3) is 0.333. The summed E-state index contributed by atoms with van der Waals surface area (Å²) in [6.07, 6.45) is 0.774. The van der Waals surface area contributed by atoms with Gasteiger partial charge in [-0.1, -0.05) is 11.8 Å². The van der Waals surface area contributed by atoms with Crippen LogP contribution in [0.1, 0.15) is 12.0 Å². The Bertz CT molecular complexity index is 379. The van der Waals surface area contributed by atoms with Gasteiger partial charge in [-0.15, -0.1) is 0 Å². The highest BCUT2D eigenvalue weighted by atomic mass is 19.1. The maximum Gasteiger partial charge on any atom is 0.165 e. The van der Waals surface area contributed by atoms with E-state index < -0.39 is 0 Å². The Balaban J connectivity index is 2.72. The van der Waals surface area contributed by atoms with Gasteiger partial charge in [0, 0.05) is 18.5 Å². The van der Waals surface area contributed by atoms with Crippen molar-refractivity contribution in [3.8, 4) is 17.6 Å². The van der Waals surface area contributed by atoms with Crippen molar-refractivity contribution < 1.29 is 9.13 Å². The van der Waals surface area contributed by atoms with E-state index in [4.69, 9.17) is 4.74 Å². The van der Waals surface area contributed by atoms with Gasteiger partial charge < -0.3 is 10.1 Å². The van der Waals surface area contributed by atoms with Gasteiger partial charge in [0.15, 0.2) is 11.6 Å². The first-order valence-electron chi connectivity index (χ1n) is 4.75. The van der Waals surface area contributed by atoms with Crippen molar-refractivity contribution in [1.82, 2.24) is 5.32 Å². The molecule has 1 aromatic carbocycles. The Morgan fingerprint density at radius 1 is 1.47 bits per heavy atom. The second kappa shape index (κ2) is 6.05. The molecule has 0 saturated heterocycles. The molecule has 0 atom stereocenters. The van der Waals surface area contributed by atoms with Gasteiger partial charge in [0.05, 0.1) is 7.11 Å². The number of nitrogens with one attached hydrogen (secondary N) is 1. The van der Waals surface area contributed by atoms with Crippen molar-refractivity contribution in [1.29, 1.82) is 0 Å². The SMILES string of the molecule is CNCCC#Cc1ccc(F)c(OC)c1. The monoisotopic (exact) mass is 207 g/mol. The summed E-state index contributed by atoms with van der Waals surface area (Å²) in [6, 6.07) is 4.60. The highest BCUT2D eigenvalue weighted by Gasteiger charge is 2.00. The van der Waals surface area contributed by atoms with Crippen LogP contribution in [0.5, 0.6) is 5.75 Å². The molecule has 3 heteroatoms. The van der Waals surface area contributed by atoms with E-state index in [1.54, 1.807) is 12.1 Å². The van der Waals surface area contributed by atoms with E-state index in [-0.39, 0.29) is 11.6 Å². The molecule has 1 N–H and O–H groups in total. The van der Waals surface area contributed by atoms with Gasteiger partial charge in [0.1, 0.15) is 0 Å². The Morgan fingerprint density at radius 3 is 2.93 bits per heavy atom. The smallest absolute Gasteiger partial charge is 0.165 e. The zero-order chi connectivity index (χ0) is 11.1. The van der Waals surface area contributed by atoms with E-state index in [2.05, 4.69) is 17.2 Å². The van der Waals surface area contributed by atoms with Gasteiger partial charge >= 0.3 is 0 Å². The molecular weight excluding hydrogens is 193 g/mol. The summed E-state index contributed by atoms with van der Waals surface area (Å²) in [6.45, 7) is 0.853. The minimum absolute atomic E-state index is 0.232. The lowest BCUT2D eigenvalue weighted by molar-refractivity contribution is 0.386. The van der Waals surface area contributed by atoms with Crippen LogP contribution in [0.3, 0.4) is 0 Å². The Labute approximate surface area is 89.4 Å². The fourth-order valence-electron chi connectivity index (χ4n) is 1.09. The summed E-state index contributed by atoms with van der Waals surface area (Å²) in [4.78, 5) is 0. The number of ether oxygens (including phenoxy) is 1. The average Bonchev–Trinajstić information content (AvgIpc) is 2.26. The molecule has 0 saturated carbocycles. The van der Waals surface area contributed by atoms with E-state index in [1.807, 2.05) is 7.05 Å². The first kappa shape index (κ1) is 11.5. The zero-order valence-electron chi connectivity index (χ0n) is 8.93. The molecule has 0 bridgehead atoms. The third-order valence-corrected chi connectivity index (χ3v) is 1.88. The summed E-state index contributed by atoms with van der Waals surface area (Å²) in [7, 11) is 3.32. The number of hydrogen-bond acceptors (Lipinski definition) is 2. The molecule has 0 amide bonds. The van der Waals surface area contributed by atoms with Crippen molar-refractivity contribution in [2.45, 2.75) is 6.42 Å². The maximum absolute atomic E-state index is 13.0.